The van der Waals surface area contributed by atoms with Gasteiger partial charge in [0, 0.05) is 11.5 Å². The summed E-state index contributed by atoms with van der Waals surface area (Å²) in [6, 6.07) is 0. The van der Waals surface area contributed by atoms with Crippen LogP contribution in [0.3, 0.4) is 0 Å². The number of hydrogen-bond acceptors (Lipinski definition) is 3. The van der Waals surface area contributed by atoms with E-state index in [9.17, 15) is 0 Å². The summed E-state index contributed by atoms with van der Waals surface area (Å²) in [6.07, 6.45) is 4.85. The van der Waals surface area contributed by atoms with Crippen LogP contribution in [0.2, 0.25) is 0 Å². The molecule has 5 nitrogen and oxygen atoms in total. The Hall–Kier alpha value is -1.03. The predicted molar refractivity (Wildman–Crippen MR) is 82.0 cm³/mol. The van der Waals surface area contributed by atoms with Crippen molar-refractivity contribution >= 4 is 0 Å². The first-order chi connectivity index (χ1) is 9.43. The minimum atomic E-state index is -0.0108. The minimum absolute atomic E-state index is 0.00414. The lowest BCUT2D eigenvalue weighted by atomic mass is 9.81. The average molecular weight is 280 g/mol. The maximum atomic E-state index is 8.49. The molecule has 1 heterocycles. The summed E-state index contributed by atoms with van der Waals surface area (Å²) in [5, 5.41) is 5.81. The molecule has 0 N–H and O–H groups in total. The van der Waals surface area contributed by atoms with Gasteiger partial charge in [0.1, 0.15) is 0 Å². The lowest BCUT2D eigenvalue weighted by Gasteiger charge is -2.38. The third-order valence-electron chi connectivity index (χ3n) is 3.61. The van der Waals surface area contributed by atoms with Crippen LogP contribution in [-0.4, -0.2) is 29.8 Å². The predicted octanol–water partition coefficient (Wildman–Crippen LogP) is 4.32. The van der Waals surface area contributed by atoms with Crippen molar-refractivity contribution in [2.75, 3.05) is 13.1 Å². The van der Waals surface area contributed by atoms with Crippen molar-refractivity contribution in [3.63, 3.8) is 0 Å². The molecule has 0 radical (unpaired) electrons. The van der Waals surface area contributed by atoms with Gasteiger partial charge < -0.3 is 0 Å². The van der Waals surface area contributed by atoms with E-state index in [1.54, 1.807) is 0 Å². The Morgan fingerprint density at radius 3 is 2.65 bits per heavy atom. The highest BCUT2D eigenvalue weighted by atomic mass is 16.7. The Morgan fingerprint density at radius 2 is 2.15 bits per heavy atom. The SMILES string of the molecule is C=CCC1(CC(C)C)CC(CN=[N+]=[N-])ON1CC(C)C. The van der Waals surface area contributed by atoms with E-state index in [2.05, 4.69) is 49.4 Å². The van der Waals surface area contributed by atoms with Gasteiger partial charge in [-0.25, -0.2) is 0 Å². The van der Waals surface area contributed by atoms with E-state index in [4.69, 9.17) is 10.4 Å². The maximum Gasteiger partial charge on any atom is 0.0868 e. The number of nitrogens with zero attached hydrogens (tertiary/aromatic N) is 4. The molecule has 1 fully saturated rings. The van der Waals surface area contributed by atoms with Gasteiger partial charge in [0.25, 0.3) is 0 Å². The summed E-state index contributed by atoms with van der Waals surface area (Å²) in [6.45, 7) is 14.1. The number of hydrogen-bond donors (Lipinski definition) is 0. The molecule has 1 rings (SSSR count). The van der Waals surface area contributed by atoms with Crippen molar-refractivity contribution in [1.82, 2.24) is 5.06 Å². The standard InChI is InChI=1S/C15H28N4O/c1-6-7-15(8-12(2)3)9-14(10-17-18-16)20-19(15)11-13(4)5/h6,12-14H,1,7-11H2,2-5H3. The molecule has 0 bridgehead atoms. The highest BCUT2D eigenvalue weighted by Gasteiger charge is 2.46. The zero-order valence-electron chi connectivity index (χ0n) is 13.2. The number of hydroxylamine groups is 2. The number of azide groups is 1. The molecule has 114 valence electrons. The third-order valence-corrected chi connectivity index (χ3v) is 3.61. The van der Waals surface area contributed by atoms with E-state index in [1.807, 2.05) is 6.08 Å². The second-order valence-electron chi connectivity index (χ2n) is 6.62. The Labute approximate surface area is 122 Å². The van der Waals surface area contributed by atoms with Crippen LogP contribution in [0.15, 0.2) is 17.8 Å². The van der Waals surface area contributed by atoms with E-state index in [0.717, 1.165) is 25.8 Å². The maximum absolute atomic E-state index is 8.49. The largest absolute Gasteiger partial charge is 0.295 e. The fourth-order valence-corrected chi connectivity index (χ4v) is 3.13. The van der Waals surface area contributed by atoms with Crippen LogP contribution >= 0.6 is 0 Å². The van der Waals surface area contributed by atoms with E-state index in [1.165, 1.54) is 0 Å². The van der Waals surface area contributed by atoms with Crippen molar-refractivity contribution in [3.8, 4) is 0 Å². The van der Waals surface area contributed by atoms with E-state index in [-0.39, 0.29) is 11.6 Å². The Balaban J connectivity index is 2.92. The van der Waals surface area contributed by atoms with Crippen LogP contribution < -0.4 is 0 Å². The summed E-state index contributed by atoms with van der Waals surface area (Å²) in [4.78, 5) is 8.91. The number of rotatable bonds is 8. The normalized spacial score (nSPS) is 27.0. The summed E-state index contributed by atoms with van der Waals surface area (Å²) >= 11 is 0. The molecule has 1 aliphatic rings. The van der Waals surface area contributed by atoms with Crippen LogP contribution in [0.5, 0.6) is 0 Å². The first kappa shape index (κ1) is 17.0. The second-order valence-corrected chi connectivity index (χ2v) is 6.62. The Morgan fingerprint density at radius 1 is 1.45 bits per heavy atom. The molecule has 2 atom stereocenters. The van der Waals surface area contributed by atoms with Crippen LogP contribution in [-0.2, 0) is 4.84 Å². The van der Waals surface area contributed by atoms with Crippen molar-refractivity contribution in [2.45, 2.75) is 58.6 Å². The first-order valence-corrected chi connectivity index (χ1v) is 7.49. The summed E-state index contributed by atoms with van der Waals surface area (Å²) in [5.41, 5.74) is 8.49. The quantitative estimate of drug-likeness (QED) is 0.288. The average Bonchev–Trinajstić information content (AvgIpc) is 2.63. The van der Waals surface area contributed by atoms with Gasteiger partial charge in [0.05, 0.1) is 18.2 Å². The Kier molecular flexibility index (Phi) is 6.53. The highest BCUT2D eigenvalue weighted by molar-refractivity contribution is 4.99. The second kappa shape index (κ2) is 7.67. The monoisotopic (exact) mass is 280 g/mol. The van der Waals surface area contributed by atoms with Gasteiger partial charge in [0.2, 0.25) is 0 Å². The van der Waals surface area contributed by atoms with Crippen LogP contribution in [0.25, 0.3) is 10.4 Å². The Bertz CT molecular complexity index is 363. The van der Waals surface area contributed by atoms with Crippen LogP contribution in [0, 0.1) is 11.8 Å². The van der Waals surface area contributed by atoms with Crippen molar-refractivity contribution in [3.05, 3.63) is 23.1 Å². The van der Waals surface area contributed by atoms with Gasteiger partial charge in [0.15, 0.2) is 0 Å². The molecular formula is C15H28N4O. The van der Waals surface area contributed by atoms with Crippen molar-refractivity contribution < 1.29 is 4.84 Å². The zero-order chi connectivity index (χ0) is 15.2. The van der Waals surface area contributed by atoms with Gasteiger partial charge in [-0.05, 0) is 36.6 Å². The fraction of sp³-hybridized carbons (Fsp3) is 0.867. The van der Waals surface area contributed by atoms with Gasteiger partial charge in [-0.15, -0.1) is 6.58 Å². The smallest absolute Gasteiger partial charge is 0.0868 e. The van der Waals surface area contributed by atoms with Gasteiger partial charge >= 0.3 is 0 Å². The molecule has 0 amide bonds. The third kappa shape index (κ3) is 4.51. The van der Waals surface area contributed by atoms with E-state index in [0.29, 0.717) is 18.4 Å². The zero-order valence-corrected chi connectivity index (χ0v) is 13.2. The van der Waals surface area contributed by atoms with Crippen molar-refractivity contribution in [1.29, 1.82) is 0 Å². The molecule has 0 aromatic rings. The molecule has 0 aromatic carbocycles. The lowest BCUT2D eigenvalue weighted by molar-refractivity contribution is -0.193. The lowest BCUT2D eigenvalue weighted by Crippen LogP contribution is -2.45. The molecule has 0 aliphatic carbocycles. The molecule has 0 saturated carbocycles. The van der Waals surface area contributed by atoms with E-state index >= 15 is 0 Å². The molecule has 2 unspecified atom stereocenters. The van der Waals surface area contributed by atoms with Gasteiger partial charge in [-0.3, -0.25) is 4.84 Å². The first-order valence-electron chi connectivity index (χ1n) is 7.49. The van der Waals surface area contributed by atoms with Crippen LogP contribution in [0.1, 0.15) is 47.0 Å². The minimum Gasteiger partial charge on any atom is -0.295 e. The molecule has 1 aliphatic heterocycles. The summed E-state index contributed by atoms with van der Waals surface area (Å²) < 4.78 is 0. The molecule has 20 heavy (non-hydrogen) atoms. The molecule has 5 heteroatoms. The van der Waals surface area contributed by atoms with Gasteiger partial charge in [-0.1, -0.05) is 38.9 Å². The highest BCUT2D eigenvalue weighted by Crippen LogP contribution is 2.40. The van der Waals surface area contributed by atoms with Gasteiger partial charge in [-0.2, -0.15) is 5.06 Å². The molecule has 0 aromatic heterocycles. The molecule has 1 saturated heterocycles. The van der Waals surface area contributed by atoms with E-state index < -0.39 is 0 Å². The van der Waals surface area contributed by atoms with Crippen LogP contribution in [0.4, 0.5) is 0 Å². The summed E-state index contributed by atoms with van der Waals surface area (Å²) in [5.74, 6) is 1.12. The van der Waals surface area contributed by atoms with Crippen molar-refractivity contribution in [2.24, 2.45) is 17.0 Å². The molecular weight excluding hydrogens is 252 g/mol. The fourth-order valence-electron chi connectivity index (χ4n) is 3.13. The summed E-state index contributed by atoms with van der Waals surface area (Å²) in [7, 11) is 0. The molecule has 0 spiro atoms. The topological polar surface area (TPSA) is 61.2 Å².